The van der Waals surface area contributed by atoms with Crippen molar-refractivity contribution in [3.05, 3.63) is 33.8 Å². The minimum absolute atomic E-state index is 0.527. The molecular weight excluding hydrogens is 253 g/mol. The molecule has 0 saturated carbocycles. The third-order valence-electron chi connectivity index (χ3n) is 3.24. The van der Waals surface area contributed by atoms with E-state index in [0.29, 0.717) is 22.0 Å². The maximum Gasteiger partial charge on any atom is 0.0595 e. The molecule has 0 bridgehead atoms. The summed E-state index contributed by atoms with van der Waals surface area (Å²) in [6, 6.07) is 6.45. The third kappa shape index (κ3) is 4.50. The van der Waals surface area contributed by atoms with Crippen LogP contribution in [-0.4, -0.2) is 12.6 Å². The zero-order valence-electron chi connectivity index (χ0n) is 10.8. The van der Waals surface area contributed by atoms with E-state index in [1.54, 1.807) is 0 Å². The lowest BCUT2D eigenvalue weighted by Crippen LogP contribution is -2.34. The van der Waals surface area contributed by atoms with Gasteiger partial charge < -0.3 is 5.32 Å². The fourth-order valence-electron chi connectivity index (χ4n) is 2.13. The molecule has 0 fully saturated rings. The molecule has 3 heteroatoms. The van der Waals surface area contributed by atoms with Crippen molar-refractivity contribution in [2.45, 2.75) is 39.7 Å². The fraction of sp³-hybridized carbons (Fsp3) is 0.571. The van der Waals surface area contributed by atoms with Crippen LogP contribution in [0.25, 0.3) is 0 Å². The van der Waals surface area contributed by atoms with E-state index in [0.717, 1.165) is 19.4 Å². The van der Waals surface area contributed by atoms with Gasteiger partial charge in [0.05, 0.1) is 10.0 Å². The average molecular weight is 274 g/mol. The summed E-state index contributed by atoms with van der Waals surface area (Å²) in [6.45, 7) is 7.63. The predicted molar refractivity (Wildman–Crippen MR) is 77.1 cm³/mol. The highest BCUT2D eigenvalue weighted by Crippen LogP contribution is 2.25. The molecule has 2 unspecified atom stereocenters. The molecule has 1 nitrogen and oxygen atoms in total. The van der Waals surface area contributed by atoms with Crippen LogP contribution in [0.3, 0.4) is 0 Å². The molecule has 0 saturated heterocycles. The molecule has 0 heterocycles. The smallest absolute Gasteiger partial charge is 0.0595 e. The first-order valence-corrected chi connectivity index (χ1v) is 7.01. The van der Waals surface area contributed by atoms with Crippen LogP contribution >= 0.6 is 23.2 Å². The van der Waals surface area contributed by atoms with E-state index in [2.05, 4.69) is 32.2 Å². The Balaban J connectivity index is 2.70. The molecule has 1 rings (SSSR count). The van der Waals surface area contributed by atoms with E-state index in [4.69, 9.17) is 23.2 Å². The zero-order valence-corrected chi connectivity index (χ0v) is 12.3. The first-order valence-electron chi connectivity index (χ1n) is 6.25. The minimum Gasteiger partial charge on any atom is -0.314 e. The van der Waals surface area contributed by atoms with Gasteiger partial charge in [-0.1, -0.05) is 49.5 Å². The summed E-state index contributed by atoms with van der Waals surface area (Å²) in [5.74, 6) is 0.632. The molecule has 1 N–H and O–H groups in total. The molecule has 0 radical (unpaired) electrons. The molecule has 2 atom stereocenters. The van der Waals surface area contributed by atoms with Crippen molar-refractivity contribution in [1.82, 2.24) is 5.32 Å². The van der Waals surface area contributed by atoms with Crippen molar-refractivity contribution < 1.29 is 0 Å². The quantitative estimate of drug-likeness (QED) is 0.801. The zero-order chi connectivity index (χ0) is 12.8. The number of rotatable bonds is 6. The normalized spacial score (nSPS) is 14.6. The Kier molecular flexibility index (Phi) is 6.32. The van der Waals surface area contributed by atoms with Gasteiger partial charge in [0.25, 0.3) is 0 Å². The van der Waals surface area contributed by atoms with Crippen molar-refractivity contribution >= 4 is 23.2 Å². The Labute approximate surface area is 115 Å². The van der Waals surface area contributed by atoms with Gasteiger partial charge in [-0.2, -0.15) is 0 Å². The van der Waals surface area contributed by atoms with E-state index in [-0.39, 0.29) is 0 Å². The summed E-state index contributed by atoms with van der Waals surface area (Å²) < 4.78 is 0. The number of hydrogen-bond acceptors (Lipinski definition) is 1. The Morgan fingerprint density at radius 2 is 1.88 bits per heavy atom. The summed E-state index contributed by atoms with van der Waals surface area (Å²) >= 11 is 12.0. The molecule has 1 aromatic rings. The van der Waals surface area contributed by atoms with Crippen LogP contribution in [0.4, 0.5) is 0 Å². The molecular formula is C14H21Cl2N. The molecule has 0 aliphatic rings. The van der Waals surface area contributed by atoms with Crippen LogP contribution in [0, 0.1) is 5.92 Å². The second-order valence-electron chi connectivity index (χ2n) is 4.47. The van der Waals surface area contributed by atoms with Gasteiger partial charge in [0.1, 0.15) is 0 Å². The largest absolute Gasteiger partial charge is 0.314 e. The van der Waals surface area contributed by atoms with Crippen molar-refractivity contribution in [2.75, 3.05) is 6.54 Å². The average Bonchev–Trinajstić information content (AvgIpc) is 2.30. The number of hydrogen-bond donors (Lipinski definition) is 1. The molecule has 0 spiro atoms. The second kappa shape index (κ2) is 7.25. The highest BCUT2D eigenvalue weighted by Gasteiger charge is 2.15. The summed E-state index contributed by atoms with van der Waals surface area (Å²) in [6.07, 6.45) is 2.20. The van der Waals surface area contributed by atoms with Crippen LogP contribution < -0.4 is 5.32 Å². The van der Waals surface area contributed by atoms with Gasteiger partial charge in [0, 0.05) is 6.04 Å². The molecule has 1 aromatic carbocycles. The SMILES string of the molecule is CCNC(C)C(CC)Cc1ccc(Cl)c(Cl)c1. The summed E-state index contributed by atoms with van der Waals surface area (Å²) in [5, 5.41) is 4.76. The minimum atomic E-state index is 0.527. The number of halogens is 2. The molecule has 96 valence electrons. The number of nitrogens with one attached hydrogen (secondary N) is 1. The fourth-order valence-corrected chi connectivity index (χ4v) is 2.45. The Bertz CT molecular complexity index is 352. The highest BCUT2D eigenvalue weighted by atomic mass is 35.5. The molecule has 0 aliphatic carbocycles. The summed E-state index contributed by atoms with van der Waals surface area (Å²) in [4.78, 5) is 0. The van der Waals surface area contributed by atoms with Crippen LogP contribution in [-0.2, 0) is 6.42 Å². The first kappa shape index (κ1) is 14.8. The van der Waals surface area contributed by atoms with Crippen molar-refractivity contribution in [3.63, 3.8) is 0 Å². The maximum atomic E-state index is 6.03. The van der Waals surface area contributed by atoms with Crippen molar-refractivity contribution in [1.29, 1.82) is 0 Å². The Hall–Kier alpha value is -0.240. The lowest BCUT2D eigenvalue weighted by molar-refractivity contribution is 0.368. The van der Waals surface area contributed by atoms with E-state index in [1.807, 2.05) is 12.1 Å². The van der Waals surface area contributed by atoms with E-state index < -0.39 is 0 Å². The van der Waals surface area contributed by atoms with Gasteiger partial charge in [-0.3, -0.25) is 0 Å². The summed E-state index contributed by atoms with van der Waals surface area (Å²) in [5.41, 5.74) is 1.26. The van der Waals surface area contributed by atoms with E-state index in [1.165, 1.54) is 5.56 Å². The van der Waals surface area contributed by atoms with Crippen LogP contribution in [0.15, 0.2) is 18.2 Å². The molecule has 0 aliphatic heterocycles. The maximum absolute atomic E-state index is 6.03. The second-order valence-corrected chi connectivity index (χ2v) is 5.28. The standard InChI is InChI=1S/C14H21Cl2N/c1-4-12(10(3)17-5-2)8-11-6-7-13(15)14(16)9-11/h6-7,9-10,12,17H,4-5,8H2,1-3H3. The summed E-state index contributed by atoms with van der Waals surface area (Å²) in [7, 11) is 0. The van der Waals surface area contributed by atoms with Gasteiger partial charge in [0.2, 0.25) is 0 Å². The van der Waals surface area contributed by atoms with Crippen LogP contribution in [0.2, 0.25) is 10.0 Å². The number of benzene rings is 1. The van der Waals surface area contributed by atoms with Gasteiger partial charge >= 0.3 is 0 Å². The molecule has 0 amide bonds. The molecule has 0 aromatic heterocycles. The van der Waals surface area contributed by atoms with E-state index >= 15 is 0 Å². The predicted octanol–water partition coefficient (Wildman–Crippen LogP) is 4.56. The first-order chi connectivity index (χ1) is 8.08. The third-order valence-corrected chi connectivity index (χ3v) is 3.98. The molecule has 17 heavy (non-hydrogen) atoms. The van der Waals surface area contributed by atoms with Gasteiger partial charge in [-0.25, -0.2) is 0 Å². The highest BCUT2D eigenvalue weighted by molar-refractivity contribution is 6.42. The Morgan fingerprint density at radius 3 is 2.41 bits per heavy atom. The van der Waals surface area contributed by atoms with Gasteiger partial charge in [-0.15, -0.1) is 0 Å². The monoisotopic (exact) mass is 273 g/mol. The lowest BCUT2D eigenvalue weighted by atomic mass is 9.91. The van der Waals surface area contributed by atoms with Gasteiger partial charge in [0.15, 0.2) is 0 Å². The van der Waals surface area contributed by atoms with Crippen molar-refractivity contribution in [3.8, 4) is 0 Å². The lowest BCUT2D eigenvalue weighted by Gasteiger charge is -2.23. The van der Waals surface area contributed by atoms with Crippen LogP contribution in [0.5, 0.6) is 0 Å². The van der Waals surface area contributed by atoms with Crippen molar-refractivity contribution in [2.24, 2.45) is 5.92 Å². The van der Waals surface area contributed by atoms with E-state index in [9.17, 15) is 0 Å². The van der Waals surface area contributed by atoms with Gasteiger partial charge in [-0.05, 0) is 43.5 Å². The van der Waals surface area contributed by atoms with Crippen LogP contribution in [0.1, 0.15) is 32.8 Å². The topological polar surface area (TPSA) is 12.0 Å². The Morgan fingerprint density at radius 1 is 1.18 bits per heavy atom.